The van der Waals surface area contributed by atoms with Crippen molar-refractivity contribution in [3.8, 4) is 0 Å². The molecule has 1 heterocycles. The van der Waals surface area contributed by atoms with Gasteiger partial charge in [0.25, 0.3) is 0 Å². The van der Waals surface area contributed by atoms with E-state index in [1.165, 1.54) is 12.5 Å². The van der Waals surface area contributed by atoms with Crippen molar-refractivity contribution in [1.29, 1.82) is 0 Å². The summed E-state index contributed by atoms with van der Waals surface area (Å²) in [6, 6.07) is 10.2. The van der Waals surface area contributed by atoms with Crippen molar-refractivity contribution < 1.29 is 9.53 Å². The summed E-state index contributed by atoms with van der Waals surface area (Å²) in [5, 5.41) is 0. The molecule has 98 valence electrons. The van der Waals surface area contributed by atoms with E-state index in [4.69, 9.17) is 4.74 Å². The zero-order valence-corrected chi connectivity index (χ0v) is 10.8. The van der Waals surface area contributed by atoms with Crippen LogP contribution >= 0.6 is 0 Å². The van der Waals surface area contributed by atoms with E-state index in [9.17, 15) is 4.79 Å². The van der Waals surface area contributed by atoms with Gasteiger partial charge in [0.15, 0.2) is 0 Å². The molecule has 19 heavy (non-hydrogen) atoms. The number of hydrogen-bond acceptors (Lipinski definition) is 3. The molecule has 1 aromatic heterocycles. The number of rotatable bonds is 5. The molecule has 0 saturated carbocycles. The van der Waals surface area contributed by atoms with Crippen molar-refractivity contribution in [2.45, 2.75) is 13.5 Å². The van der Waals surface area contributed by atoms with E-state index in [0.29, 0.717) is 0 Å². The molecule has 0 bridgehead atoms. The lowest BCUT2D eigenvalue weighted by atomic mass is 10.2. The van der Waals surface area contributed by atoms with E-state index in [2.05, 4.69) is 17.1 Å². The van der Waals surface area contributed by atoms with Gasteiger partial charge < -0.3 is 9.30 Å². The third-order valence-corrected chi connectivity index (χ3v) is 2.53. The molecule has 1 aromatic carbocycles. The predicted octanol–water partition coefficient (Wildman–Crippen LogP) is 2.51. The minimum absolute atomic E-state index is 0.278. The third kappa shape index (κ3) is 4.43. The minimum Gasteiger partial charge on any atom is -0.462 e. The maximum Gasteiger partial charge on any atom is 0.302 e. The first-order chi connectivity index (χ1) is 9.24. The van der Waals surface area contributed by atoms with Gasteiger partial charge in [0.05, 0.1) is 12.0 Å². The van der Waals surface area contributed by atoms with Gasteiger partial charge in [0.1, 0.15) is 6.61 Å². The molecule has 2 rings (SSSR count). The van der Waals surface area contributed by atoms with Crippen LogP contribution in [0, 0.1) is 0 Å². The second-order valence-electron chi connectivity index (χ2n) is 4.16. The summed E-state index contributed by atoms with van der Waals surface area (Å²) < 4.78 is 6.82. The van der Waals surface area contributed by atoms with E-state index in [1.54, 1.807) is 12.4 Å². The van der Waals surface area contributed by atoms with E-state index in [-0.39, 0.29) is 12.6 Å². The molecule has 0 aliphatic heterocycles. The first kappa shape index (κ1) is 13.1. The molecule has 0 radical (unpaired) electrons. The molecule has 0 atom stereocenters. The Morgan fingerprint density at radius 2 is 2.16 bits per heavy atom. The number of carbonyl (C=O) groups excluding carboxylic acids is 1. The highest BCUT2D eigenvalue weighted by Gasteiger charge is 1.97. The summed E-state index contributed by atoms with van der Waals surface area (Å²) in [5.41, 5.74) is 2.08. The fraction of sp³-hybridized carbons (Fsp3) is 0.200. The second-order valence-corrected chi connectivity index (χ2v) is 4.16. The maximum absolute atomic E-state index is 10.6. The van der Waals surface area contributed by atoms with Crippen LogP contribution < -0.4 is 0 Å². The van der Waals surface area contributed by atoms with Crippen LogP contribution in [0.3, 0.4) is 0 Å². The lowest BCUT2D eigenvalue weighted by Crippen LogP contribution is -1.97. The molecular weight excluding hydrogens is 240 g/mol. The highest BCUT2D eigenvalue weighted by molar-refractivity contribution is 5.66. The van der Waals surface area contributed by atoms with Crippen molar-refractivity contribution in [1.82, 2.24) is 9.55 Å². The minimum atomic E-state index is -0.278. The number of aromatic nitrogens is 2. The van der Waals surface area contributed by atoms with Gasteiger partial charge in [-0.3, -0.25) is 4.79 Å². The highest BCUT2D eigenvalue weighted by atomic mass is 16.5. The Morgan fingerprint density at radius 3 is 2.89 bits per heavy atom. The summed E-state index contributed by atoms with van der Waals surface area (Å²) in [6.45, 7) is 2.47. The highest BCUT2D eigenvalue weighted by Crippen LogP contribution is 2.05. The van der Waals surface area contributed by atoms with Gasteiger partial charge in [-0.2, -0.15) is 0 Å². The summed E-state index contributed by atoms with van der Waals surface area (Å²) >= 11 is 0. The fourth-order valence-electron chi connectivity index (χ4n) is 1.68. The summed E-state index contributed by atoms with van der Waals surface area (Å²) in [5.74, 6) is -0.278. The third-order valence-electron chi connectivity index (χ3n) is 2.53. The molecule has 0 fully saturated rings. The lowest BCUT2D eigenvalue weighted by molar-refractivity contribution is -0.139. The molecule has 0 aliphatic rings. The largest absolute Gasteiger partial charge is 0.462 e. The van der Waals surface area contributed by atoms with Crippen LogP contribution in [-0.4, -0.2) is 22.1 Å². The Hall–Kier alpha value is -2.36. The van der Waals surface area contributed by atoms with E-state index >= 15 is 0 Å². The Labute approximate surface area is 112 Å². The zero-order chi connectivity index (χ0) is 13.5. The van der Waals surface area contributed by atoms with Gasteiger partial charge in [-0.05, 0) is 17.7 Å². The number of imidazole rings is 1. The Balaban J connectivity index is 1.90. The van der Waals surface area contributed by atoms with Crippen LogP contribution in [0.15, 0.2) is 48.9 Å². The molecule has 0 amide bonds. The lowest BCUT2D eigenvalue weighted by Gasteiger charge is -2.00. The molecule has 4 heteroatoms. The number of nitrogens with zero attached hydrogens (tertiary/aromatic N) is 2. The van der Waals surface area contributed by atoms with E-state index < -0.39 is 0 Å². The van der Waals surface area contributed by atoms with Crippen molar-refractivity contribution in [3.05, 3.63) is 60.2 Å². The standard InChI is InChI=1S/C15H16N2O2/c1-13(18)19-9-5-8-15-11-17(12-16-15)10-14-6-3-2-4-7-14/h2-8,11-12H,9-10H2,1H3/b8-5+. The molecule has 0 N–H and O–H groups in total. The maximum atomic E-state index is 10.6. The molecule has 0 spiro atoms. The van der Waals surface area contributed by atoms with Crippen LogP contribution in [-0.2, 0) is 16.1 Å². The van der Waals surface area contributed by atoms with Gasteiger partial charge in [-0.1, -0.05) is 30.3 Å². The second kappa shape index (κ2) is 6.54. The van der Waals surface area contributed by atoms with Gasteiger partial charge in [0, 0.05) is 19.7 Å². The average molecular weight is 256 g/mol. The van der Waals surface area contributed by atoms with Crippen LogP contribution in [0.5, 0.6) is 0 Å². The monoisotopic (exact) mass is 256 g/mol. The number of esters is 1. The van der Waals surface area contributed by atoms with Gasteiger partial charge >= 0.3 is 5.97 Å². The van der Waals surface area contributed by atoms with Crippen molar-refractivity contribution >= 4 is 12.0 Å². The normalized spacial score (nSPS) is 10.8. The molecule has 0 saturated heterocycles. The quantitative estimate of drug-likeness (QED) is 0.772. The predicted molar refractivity (Wildman–Crippen MR) is 73.4 cm³/mol. The SMILES string of the molecule is CC(=O)OC/C=C/c1cn(Cc2ccccc2)cn1. The first-order valence-corrected chi connectivity index (χ1v) is 6.09. The van der Waals surface area contributed by atoms with Gasteiger partial charge in [0.2, 0.25) is 0 Å². The van der Waals surface area contributed by atoms with Crippen LogP contribution in [0.4, 0.5) is 0 Å². The van der Waals surface area contributed by atoms with Gasteiger partial charge in [-0.25, -0.2) is 4.98 Å². The summed E-state index contributed by atoms with van der Waals surface area (Å²) in [7, 11) is 0. The Kier molecular flexibility index (Phi) is 4.50. The average Bonchev–Trinajstić information content (AvgIpc) is 2.83. The Bertz CT molecular complexity index is 559. The smallest absolute Gasteiger partial charge is 0.302 e. The molecule has 0 aliphatic carbocycles. The number of ether oxygens (including phenoxy) is 1. The molecular formula is C15H16N2O2. The molecule has 4 nitrogen and oxygen atoms in total. The Morgan fingerprint density at radius 1 is 1.37 bits per heavy atom. The topological polar surface area (TPSA) is 44.1 Å². The zero-order valence-electron chi connectivity index (χ0n) is 10.8. The summed E-state index contributed by atoms with van der Waals surface area (Å²) in [4.78, 5) is 14.9. The summed E-state index contributed by atoms with van der Waals surface area (Å²) in [6.07, 6.45) is 7.36. The van der Waals surface area contributed by atoms with E-state index in [1.807, 2.05) is 35.0 Å². The number of benzene rings is 1. The number of carbonyl (C=O) groups is 1. The number of hydrogen-bond donors (Lipinski definition) is 0. The van der Waals surface area contributed by atoms with E-state index in [0.717, 1.165) is 12.2 Å². The first-order valence-electron chi connectivity index (χ1n) is 6.09. The molecule has 0 unspecified atom stereocenters. The van der Waals surface area contributed by atoms with Crippen molar-refractivity contribution in [2.75, 3.05) is 6.61 Å². The van der Waals surface area contributed by atoms with Gasteiger partial charge in [-0.15, -0.1) is 0 Å². The van der Waals surface area contributed by atoms with Crippen LogP contribution in [0.25, 0.3) is 6.08 Å². The van der Waals surface area contributed by atoms with Crippen molar-refractivity contribution in [3.63, 3.8) is 0 Å². The molecule has 2 aromatic rings. The van der Waals surface area contributed by atoms with Crippen LogP contribution in [0.1, 0.15) is 18.2 Å². The van der Waals surface area contributed by atoms with Crippen LogP contribution in [0.2, 0.25) is 0 Å². The fourth-order valence-corrected chi connectivity index (χ4v) is 1.68. The van der Waals surface area contributed by atoms with Crippen molar-refractivity contribution in [2.24, 2.45) is 0 Å².